The zero-order chi connectivity index (χ0) is 13.1. The summed E-state index contributed by atoms with van der Waals surface area (Å²) in [6, 6.07) is 0. The van der Waals surface area contributed by atoms with Gasteiger partial charge in [-0.1, -0.05) is 44.3 Å². The molecule has 98 valence electrons. The van der Waals surface area contributed by atoms with Crippen LogP contribution < -0.4 is 0 Å². The number of hydrogen-bond donors (Lipinski definition) is 0. The molecule has 0 radical (unpaired) electrons. The lowest BCUT2D eigenvalue weighted by molar-refractivity contribution is -0.122. The van der Waals surface area contributed by atoms with Crippen molar-refractivity contribution in [1.82, 2.24) is 0 Å². The van der Waals surface area contributed by atoms with E-state index in [1.165, 1.54) is 23.5 Å². The molecule has 0 aromatic carbocycles. The lowest BCUT2D eigenvalue weighted by Gasteiger charge is -2.37. The quantitative estimate of drug-likeness (QED) is 0.742. The molecule has 0 aromatic rings. The van der Waals surface area contributed by atoms with Crippen molar-refractivity contribution in [3.05, 3.63) is 0 Å². The van der Waals surface area contributed by atoms with Gasteiger partial charge in [-0.05, 0) is 23.7 Å². The monoisotopic (exact) mass is 283 g/mol. The van der Waals surface area contributed by atoms with E-state index >= 15 is 0 Å². The number of ketones is 1. The SMILES string of the molecule is CC1(C)[C@H]2CC[C@@]1(C)[C@H](SC1=NC(=O)CS1)C2=O. The van der Waals surface area contributed by atoms with Crippen LogP contribution in [-0.4, -0.2) is 27.1 Å². The van der Waals surface area contributed by atoms with Crippen LogP contribution in [-0.2, 0) is 9.59 Å². The molecule has 1 amide bonds. The topological polar surface area (TPSA) is 46.5 Å². The van der Waals surface area contributed by atoms with Gasteiger partial charge >= 0.3 is 0 Å². The minimum Gasteiger partial charge on any atom is -0.298 e. The zero-order valence-electron chi connectivity index (χ0n) is 10.9. The van der Waals surface area contributed by atoms with Crippen LogP contribution in [0.5, 0.6) is 0 Å². The minimum absolute atomic E-state index is 0.0107. The van der Waals surface area contributed by atoms with Crippen LogP contribution in [0.25, 0.3) is 0 Å². The molecule has 0 aromatic heterocycles. The van der Waals surface area contributed by atoms with Crippen LogP contribution in [0.1, 0.15) is 33.6 Å². The van der Waals surface area contributed by atoms with Crippen LogP contribution in [0, 0.1) is 16.7 Å². The molecule has 18 heavy (non-hydrogen) atoms. The number of rotatable bonds is 1. The van der Waals surface area contributed by atoms with E-state index in [1.807, 2.05) is 0 Å². The predicted molar refractivity (Wildman–Crippen MR) is 75.9 cm³/mol. The average Bonchev–Trinajstić information content (AvgIpc) is 2.82. The largest absolute Gasteiger partial charge is 0.298 e. The molecule has 0 spiro atoms. The number of Topliss-reactive ketones (excluding diaryl/α,β-unsaturated/α-hetero) is 1. The van der Waals surface area contributed by atoms with Crippen molar-refractivity contribution in [2.75, 3.05) is 5.75 Å². The molecule has 0 saturated heterocycles. The van der Waals surface area contributed by atoms with E-state index in [0.717, 1.165) is 17.2 Å². The van der Waals surface area contributed by atoms with Gasteiger partial charge in [0, 0.05) is 5.92 Å². The molecule has 1 aliphatic heterocycles. The Balaban J connectivity index is 1.88. The lowest BCUT2D eigenvalue weighted by Crippen LogP contribution is -2.36. The van der Waals surface area contributed by atoms with Crippen molar-refractivity contribution in [3.8, 4) is 0 Å². The summed E-state index contributed by atoms with van der Waals surface area (Å²) in [6.07, 6.45) is 2.14. The molecule has 2 fully saturated rings. The normalized spacial score (nSPS) is 41.6. The Morgan fingerprint density at radius 2 is 2.06 bits per heavy atom. The standard InChI is InChI=1S/C13H17NO2S2/c1-12(2)7-4-5-13(12,3)10(9(7)16)18-11-14-8(15)6-17-11/h7,10H,4-6H2,1-3H3/t7-,10+,13-/m0/s1. The number of hydrogen-bond acceptors (Lipinski definition) is 4. The molecule has 5 heteroatoms. The first kappa shape index (κ1) is 12.7. The number of carbonyl (C=O) groups excluding carboxylic acids is 2. The molecule has 3 nitrogen and oxygen atoms in total. The van der Waals surface area contributed by atoms with Crippen molar-refractivity contribution in [3.63, 3.8) is 0 Å². The zero-order valence-corrected chi connectivity index (χ0v) is 12.5. The molecule has 3 rings (SSSR count). The maximum atomic E-state index is 12.5. The smallest absolute Gasteiger partial charge is 0.257 e. The van der Waals surface area contributed by atoms with Gasteiger partial charge in [-0.25, -0.2) is 0 Å². The molecule has 0 N–H and O–H groups in total. The fourth-order valence-corrected chi connectivity index (χ4v) is 6.16. The minimum atomic E-state index is -0.0671. The molecule has 2 aliphatic carbocycles. The van der Waals surface area contributed by atoms with Gasteiger partial charge in [0.05, 0.1) is 11.0 Å². The summed E-state index contributed by atoms with van der Waals surface area (Å²) < 4.78 is 0.794. The summed E-state index contributed by atoms with van der Waals surface area (Å²) in [5.41, 5.74) is 0.129. The van der Waals surface area contributed by atoms with Gasteiger partial charge in [-0.2, -0.15) is 4.99 Å². The second kappa shape index (κ2) is 3.85. The van der Waals surface area contributed by atoms with Crippen molar-refractivity contribution < 1.29 is 9.59 Å². The molecule has 0 unspecified atom stereocenters. The molecular formula is C13H17NO2S2. The average molecular weight is 283 g/mol. The van der Waals surface area contributed by atoms with Crippen LogP contribution >= 0.6 is 23.5 Å². The van der Waals surface area contributed by atoms with Gasteiger partial charge in [-0.15, -0.1) is 0 Å². The number of aliphatic imine (C=N–C) groups is 1. The van der Waals surface area contributed by atoms with E-state index in [9.17, 15) is 9.59 Å². The molecule has 2 bridgehead atoms. The number of amides is 1. The Morgan fingerprint density at radius 1 is 1.33 bits per heavy atom. The molecule has 2 saturated carbocycles. The van der Waals surface area contributed by atoms with Crippen LogP contribution in [0.2, 0.25) is 0 Å². The Kier molecular flexibility index (Phi) is 2.73. The highest BCUT2D eigenvalue weighted by molar-refractivity contribution is 8.39. The fraction of sp³-hybridized carbons (Fsp3) is 0.769. The van der Waals surface area contributed by atoms with Crippen molar-refractivity contribution in [1.29, 1.82) is 0 Å². The van der Waals surface area contributed by atoms with Gasteiger partial charge < -0.3 is 0 Å². The second-order valence-electron chi connectivity index (χ2n) is 6.19. The number of fused-ring (bicyclic) bond motifs is 2. The molecule has 3 aliphatic rings. The predicted octanol–water partition coefficient (Wildman–Crippen LogP) is 2.74. The number of carbonyl (C=O) groups is 2. The van der Waals surface area contributed by atoms with Gasteiger partial charge in [0.15, 0.2) is 0 Å². The van der Waals surface area contributed by atoms with E-state index in [1.54, 1.807) is 0 Å². The van der Waals surface area contributed by atoms with Crippen molar-refractivity contribution in [2.24, 2.45) is 21.7 Å². The highest BCUT2D eigenvalue weighted by Gasteiger charge is 2.66. The Bertz CT molecular complexity index is 472. The van der Waals surface area contributed by atoms with Gasteiger partial charge in [0.2, 0.25) is 0 Å². The number of nitrogens with zero attached hydrogens (tertiary/aromatic N) is 1. The second-order valence-corrected chi connectivity index (χ2v) is 8.51. The van der Waals surface area contributed by atoms with E-state index in [4.69, 9.17) is 0 Å². The number of thioether (sulfide) groups is 2. The highest BCUT2D eigenvalue weighted by Crippen LogP contribution is 2.66. The summed E-state index contributed by atoms with van der Waals surface area (Å²) in [5, 5.41) is -0.0107. The first-order valence-electron chi connectivity index (χ1n) is 6.31. The van der Waals surface area contributed by atoms with E-state index in [0.29, 0.717) is 11.5 Å². The highest BCUT2D eigenvalue weighted by atomic mass is 32.2. The first-order valence-corrected chi connectivity index (χ1v) is 8.17. The molecule has 1 heterocycles. The fourth-order valence-electron chi connectivity index (χ4n) is 3.63. The van der Waals surface area contributed by atoms with Crippen molar-refractivity contribution >= 4 is 39.6 Å². The van der Waals surface area contributed by atoms with Gasteiger partial charge in [-0.3, -0.25) is 9.59 Å². The van der Waals surface area contributed by atoms with Crippen molar-refractivity contribution in [2.45, 2.75) is 38.9 Å². The molecule has 3 atom stereocenters. The summed E-state index contributed by atoms with van der Waals surface area (Å²) in [6.45, 7) is 6.67. The summed E-state index contributed by atoms with van der Waals surface area (Å²) in [7, 11) is 0. The Morgan fingerprint density at radius 3 is 2.56 bits per heavy atom. The third-order valence-corrected chi connectivity index (χ3v) is 7.88. The maximum absolute atomic E-state index is 12.5. The molecular weight excluding hydrogens is 266 g/mol. The third-order valence-electron chi connectivity index (χ3n) is 5.23. The summed E-state index contributed by atoms with van der Waals surface area (Å²) in [5.74, 6) is 0.943. The van der Waals surface area contributed by atoms with E-state index in [2.05, 4.69) is 25.8 Å². The van der Waals surface area contributed by atoms with Crippen LogP contribution in [0.15, 0.2) is 4.99 Å². The van der Waals surface area contributed by atoms with Crippen LogP contribution in [0.3, 0.4) is 0 Å². The van der Waals surface area contributed by atoms with E-state index in [-0.39, 0.29) is 27.9 Å². The van der Waals surface area contributed by atoms with Gasteiger partial charge in [0.1, 0.15) is 10.2 Å². The van der Waals surface area contributed by atoms with E-state index < -0.39 is 0 Å². The van der Waals surface area contributed by atoms with Gasteiger partial charge in [0.25, 0.3) is 5.91 Å². The first-order chi connectivity index (χ1) is 8.36. The van der Waals surface area contributed by atoms with Crippen LogP contribution in [0.4, 0.5) is 0 Å². The maximum Gasteiger partial charge on any atom is 0.257 e. The summed E-state index contributed by atoms with van der Waals surface area (Å²) in [4.78, 5) is 27.7. The Labute approximate surface area is 116 Å². The lowest BCUT2D eigenvalue weighted by atomic mass is 9.71. The third kappa shape index (κ3) is 1.49. The Hall–Kier alpha value is -0.290. The summed E-state index contributed by atoms with van der Waals surface area (Å²) >= 11 is 3.01.